The Balaban J connectivity index is 2.01. The molecule has 2 heterocycles. The van der Waals surface area contributed by atoms with Gasteiger partial charge in [0.2, 0.25) is 0 Å². The van der Waals surface area contributed by atoms with Crippen molar-refractivity contribution in [2.45, 2.75) is 18.9 Å². The summed E-state index contributed by atoms with van der Waals surface area (Å²) in [5.74, 6) is 5.56. The summed E-state index contributed by atoms with van der Waals surface area (Å²) >= 11 is 0. The molecule has 0 atom stereocenters. The summed E-state index contributed by atoms with van der Waals surface area (Å²) < 4.78 is 0. The molecule has 3 N–H and O–H groups in total. The van der Waals surface area contributed by atoms with Crippen LogP contribution in [0, 0.1) is 0 Å². The van der Waals surface area contributed by atoms with Crippen molar-refractivity contribution in [1.29, 1.82) is 0 Å². The number of anilines is 1. The number of hydrogen-bond donors (Lipinski definition) is 2. The maximum atomic E-state index is 12.3. The number of hydrazine groups is 1. The number of hydrogen-bond acceptors (Lipinski definition) is 6. The van der Waals surface area contributed by atoms with Gasteiger partial charge in [-0.05, 0) is 33.0 Å². The van der Waals surface area contributed by atoms with Crippen molar-refractivity contribution in [3.8, 4) is 0 Å². The summed E-state index contributed by atoms with van der Waals surface area (Å²) in [5.41, 5.74) is 2.73. The Morgan fingerprint density at radius 3 is 2.63 bits per heavy atom. The van der Waals surface area contributed by atoms with Gasteiger partial charge in [0.1, 0.15) is 5.69 Å². The lowest BCUT2D eigenvalue weighted by Crippen LogP contribution is -2.44. The van der Waals surface area contributed by atoms with Gasteiger partial charge in [0, 0.05) is 13.1 Å². The van der Waals surface area contributed by atoms with Gasteiger partial charge in [-0.1, -0.05) is 0 Å². The number of nitrogen functional groups attached to an aromatic ring is 1. The van der Waals surface area contributed by atoms with Gasteiger partial charge < -0.3 is 15.2 Å². The first-order valence-electron chi connectivity index (χ1n) is 6.36. The highest BCUT2D eigenvalue weighted by molar-refractivity contribution is 5.92. The molecule has 0 aliphatic carbocycles. The van der Waals surface area contributed by atoms with E-state index < -0.39 is 0 Å². The topological polar surface area (TPSA) is 87.4 Å². The zero-order valence-electron chi connectivity index (χ0n) is 11.3. The van der Waals surface area contributed by atoms with Gasteiger partial charge in [-0.2, -0.15) is 0 Å². The van der Waals surface area contributed by atoms with Gasteiger partial charge in [0.15, 0.2) is 5.82 Å². The number of nitrogens with zero attached hydrogens (tertiary/aromatic N) is 4. The van der Waals surface area contributed by atoms with Gasteiger partial charge in [-0.25, -0.2) is 15.8 Å². The highest BCUT2D eigenvalue weighted by Crippen LogP contribution is 2.16. The van der Waals surface area contributed by atoms with E-state index in [0.717, 1.165) is 25.9 Å². The largest absolute Gasteiger partial charge is 0.337 e. The quantitative estimate of drug-likeness (QED) is 0.587. The van der Waals surface area contributed by atoms with E-state index in [4.69, 9.17) is 5.84 Å². The molecule has 7 heteroatoms. The molecule has 1 fully saturated rings. The molecule has 0 saturated carbocycles. The van der Waals surface area contributed by atoms with Crippen LogP contribution in [-0.4, -0.2) is 58.9 Å². The molecule has 0 radical (unpaired) electrons. The number of likely N-dealkylation sites (tertiary alicyclic amines) is 1. The second kappa shape index (κ2) is 5.94. The third-order valence-corrected chi connectivity index (χ3v) is 3.57. The fraction of sp³-hybridized carbons (Fsp3) is 0.583. The van der Waals surface area contributed by atoms with Crippen molar-refractivity contribution in [2.24, 2.45) is 5.84 Å². The summed E-state index contributed by atoms with van der Waals surface area (Å²) in [5, 5.41) is 0. The van der Waals surface area contributed by atoms with Crippen LogP contribution in [0.25, 0.3) is 0 Å². The molecule has 1 amide bonds. The van der Waals surface area contributed by atoms with Crippen LogP contribution in [0.1, 0.15) is 23.3 Å². The number of carbonyl (C=O) groups is 1. The predicted octanol–water partition coefficient (Wildman–Crippen LogP) is -0.0716. The monoisotopic (exact) mass is 264 g/mol. The van der Waals surface area contributed by atoms with E-state index >= 15 is 0 Å². The third kappa shape index (κ3) is 3.18. The van der Waals surface area contributed by atoms with Gasteiger partial charge in [-0.3, -0.25) is 4.79 Å². The van der Waals surface area contributed by atoms with Crippen LogP contribution < -0.4 is 11.3 Å². The zero-order chi connectivity index (χ0) is 13.8. The molecule has 0 unspecified atom stereocenters. The van der Waals surface area contributed by atoms with Crippen molar-refractivity contribution in [3.05, 3.63) is 18.1 Å². The lowest BCUT2D eigenvalue weighted by Gasteiger charge is -2.34. The van der Waals surface area contributed by atoms with Crippen molar-refractivity contribution >= 4 is 11.7 Å². The van der Waals surface area contributed by atoms with Crippen LogP contribution in [0.4, 0.5) is 5.82 Å². The summed E-state index contributed by atoms with van der Waals surface area (Å²) in [4.78, 5) is 24.4. The minimum absolute atomic E-state index is 0.0920. The Morgan fingerprint density at radius 2 is 2.11 bits per heavy atom. The Hall–Kier alpha value is -1.73. The Morgan fingerprint density at radius 1 is 1.42 bits per heavy atom. The fourth-order valence-corrected chi connectivity index (χ4v) is 2.24. The molecule has 1 aliphatic rings. The van der Waals surface area contributed by atoms with Crippen molar-refractivity contribution < 1.29 is 4.79 Å². The molecule has 1 aromatic heterocycles. The second-order valence-corrected chi connectivity index (χ2v) is 4.88. The second-order valence-electron chi connectivity index (χ2n) is 4.88. The highest BCUT2D eigenvalue weighted by Gasteiger charge is 2.25. The molecule has 2 rings (SSSR count). The normalized spacial score (nSPS) is 17.2. The zero-order valence-corrected chi connectivity index (χ0v) is 11.3. The SMILES string of the molecule is CN1CCC(N(C)C(=O)c2cnc(NN)cn2)CC1. The van der Waals surface area contributed by atoms with Crippen molar-refractivity contribution in [1.82, 2.24) is 19.8 Å². The third-order valence-electron chi connectivity index (χ3n) is 3.57. The molecule has 1 saturated heterocycles. The molecule has 19 heavy (non-hydrogen) atoms. The maximum absolute atomic E-state index is 12.3. The molecule has 1 aliphatic heterocycles. The highest BCUT2D eigenvalue weighted by atomic mass is 16.2. The Bertz CT molecular complexity index is 426. The molecular weight excluding hydrogens is 244 g/mol. The minimum atomic E-state index is -0.0920. The predicted molar refractivity (Wildman–Crippen MR) is 72.5 cm³/mol. The number of amides is 1. The van der Waals surface area contributed by atoms with E-state index in [0.29, 0.717) is 11.5 Å². The van der Waals surface area contributed by atoms with E-state index in [-0.39, 0.29) is 11.9 Å². The number of nitrogens with two attached hydrogens (primary N) is 1. The molecule has 0 bridgehead atoms. The molecule has 0 aromatic carbocycles. The van der Waals surface area contributed by atoms with Crippen LogP contribution in [0.15, 0.2) is 12.4 Å². The van der Waals surface area contributed by atoms with Crippen LogP contribution in [0.3, 0.4) is 0 Å². The fourth-order valence-electron chi connectivity index (χ4n) is 2.24. The molecule has 104 valence electrons. The van der Waals surface area contributed by atoms with Gasteiger partial charge in [0.25, 0.3) is 5.91 Å². The van der Waals surface area contributed by atoms with E-state index in [1.807, 2.05) is 7.05 Å². The van der Waals surface area contributed by atoms with E-state index in [1.165, 1.54) is 12.4 Å². The molecule has 0 spiro atoms. The van der Waals surface area contributed by atoms with E-state index in [9.17, 15) is 4.79 Å². The number of nitrogens with one attached hydrogen (secondary N) is 1. The Kier molecular flexibility index (Phi) is 4.28. The van der Waals surface area contributed by atoms with Crippen LogP contribution in [-0.2, 0) is 0 Å². The average Bonchev–Trinajstić information content (AvgIpc) is 2.46. The first kappa shape index (κ1) is 13.7. The summed E-state index contributed by atoms with van der Waals surface area (Å²) in [7, 11) is 3.93. The standard InChI is InChI=1S/C12H20N6O/c1-17-5-3-9(4-6-17)18(2)12(19)10-7-15-11(16-13)8-14-10/h7-9H,3-6,13H2,1-2H3,(H,15,16). The van der Waals surface area contributed by atoms with Gasteiger partial charge in [-0.15, -0.1) is 0 Å². The van der Waals surface area contributed by atoms with Crippen molar-refractivity contribution in [2.75, 3.05) is 32.6 Å². The molecular formula is C12H20N6O. The average molecular weight is 264 g/mol. The molecule has 1 aromatic rings. The minimum Gasteiger partial charge on any atom is -0.337 e. The van der Waals surface area contributed by atoms with Crippen LogP contribution in [0.2, 0.25) is 0 Å². The van der Waals surface area contributed by atoms with Crippen LogP contribution >= 0.6 is 0 Å². The lowest BCUT2D eigenvalue weighted by molar-refractivity contribution is 0.0653. The van der Waals surface area contributed by atoms with Crippen LogP contribution in [0.5, 0.6) is 0 Å². The maximum Gasteiger partial charge on any atom is 0.274 e. The molecule has 7 nitrogen and oxygen atoms in total. The van der Waals surface area contributed by atoms with Crippen molar-refractivity contribution in [3.63, 3.8) is 0 Å². The summed E-state index contributed by atoms with van der Waals surface area (Å²) in [6.07, 6.45) is 4.89. The van der Waals surface area contributed by atoms with Gasteiger partial charge >= 0.3 is 0 Å². The first-order chi connectivity index (χ1) is 9.11. The van der Waals surface area contributed by atoms with E-state index in [2.05, 4.69) is 27.3 Å². The number of aromatic nitrogens is 2. The number of rotatable bonds is 3. The Labute approximate surface area is 112 Å². The lowest BCUT2D eigenvalue weighted by atomic mass is 10.0. The summed E-state index contributed by atoms with van der Waals surface area (Å²) in [6, 6.07) is 0.276. The number of piperidine rings is 1. The smallest absolute Gasteiger partial charge is 0.274 e. The van der Waals surface area contributed by atoms with E-state index in [1.54, 1.807) is 4.90 Å². The summed E-state index contributed by atoms with van der Waals surface area (Å²) in [6.45, 7) is 2.04. The number of carbonyl (C=O) groups excluding carboxylic acids is 1. The first-order valence-corrected chi connectivity index (χ1v) is 6.36. The van der Waals surface area contributed by atoms with Gasteiger partial charge in [0.05, 0.1) is 12.4 Å².